The third kappa shape index (κ3) is 4.33. The van der Waals surface area contributed by atoms with Gasteiger partial charge in [0.05, 0.1) is 30.1 Å². The van der Waals surface area contributed by atoms with Crippen LogP contribution in [0.15, 0.2) is 41.1 Å². The predicted octanol–water partition coefficient (Wildman–Crippen LogP) is 4.35. The van der Waals surface area contributed by atoms with E-state index >= 15 is 0 Å². The summed E-state index contributed by atoms with van der Waals surface area (Å²) in [5.41, 5.74) is 3.31. The van der Waals surface area contributed by atoms with Gasteiger partial charge in [-0.15, -0.1) is 0 Å². The van der Waals surface area contributed by atoms with Crippen LogP contribution in [0.2, 0.25) is 0 Å². The molecule has 0 spiro atoms. The summed E-state index contributed by atoms with van der Waals surface area (Å²) in [6.07, 6.45) is 10.4. The van der Waals surface area contributed by atoms with Gasteiger partial charge >= 0.3 is 5.97 Å². The highest BCUT2D eigenvalue weighted by atomic mass is 16.5. The Kier molecular flexibility index (Phi) is 6.04. The summed E-state index contributed by atoms with van der Waals surface area (Å²) in [5, 5.41) is 17.5. The van der Waals surface area contributed by atoms with E-state index < -0.39 is 5.97 Å². The fraction of sp³-hybridized carbons (Fsp3) is 0.364. The molecule has 1 N–H and O–H groups in total. The molecule has 0 bridgehead atoms. The lowest BCUT2D eigenvalue weighted by molar-refractivity contribution is -0.131. The number of hydrogen-bond donors (Lipinski definition) is 1. The van der Waals surface area contributed by atoms with Gasteiger partial charge < -0.3 is 14.4 Å². The molecule has 1 aliphatic carbocycles. The quantitative estimate of drug-likeness (QED) is 0.580. The minimum absolute atomic E-state index is 0.381. The minimum Gasteiger partial charge on any atom is -0.478 e. The summed E-state index contributed by atoms with van der Waals surface area (Å²) in [6, 6.07) is 7.66. The summed E-state index contributed by atoms with van der Waals surface area (Å²) >= 11 is 0. The van der Waals surface area contributed by atoms with Crippen molar-refractivity contribution in [3.8, 4) is 22.8 Å². The van der Waals surface area contributed by atoms with Crippen LogP contribution in [-0.4, -0.2) is 38.1 Å². The van der Waals surface area contributed by atoms with Crippen molar-refractivity contribution >= 4 is 12.0 Å². The molecule has 1 fully saturated rings. The van der Waals surface area contributed by atoms with Crippen LogP contribution in [0, 0.1) is 0 Å². The second kappa shape index (κ2) is 9.04. The first kappa shape index (κ1) is 20.0. The van der Waals surface area contributed by atoms with Crippen molar-refractivity contribution in [1.82, 2.24) is 19.9 Å². The molecule has 3 aromatic rings. The molecule has 0 aliphatic heterocycles. The third-order valence-corrected chi connectivity index (χ3v) is 5.34. The number of ether oxygens (including phenoxy) is 1. The molecule has 156 valence electrons. The van der Waals surface area contributed by atoms with E-state index in [0.29, 0.717) is 24.4 Å². The fourth-order valence-corrected chi connectivity index (χ4v) is 3.85. The zero-order valence-electron chi connectivity index (χ0n) is 16.8. The molecule has 0 amide bonds. The van der Waals surface area contributed by atoms with E-state index in [2.05, 4.69) is 19.9 Å². The molecule has 0 unspecified atom stereocenters. The number of methoxy groups -OCH3 is 1. The minimum atomic E-state index is -0.984. The topological polar surface area (TPSA) is 103 Å². The number of carboxylic acid groups (broad SMARTS) is 1. The lowest BCUT2D eigenvalue weighted by Gasteiger charge is -2.24. The number of aromatic nitrogens is 4. The Morgan fingerprint density at radius 1 is 1.27 bits per heavy atom. The highest BCUT2D eigenvalue weighted by Gasteiger charge is 2.24. The number of carbonyl (C=O) groups is 1. The maximum atomic E-state index is 10.6. The second-order valence-electron chi connectivity index (χ2n) is 7.39. The Morgan fingerprint density at radius 2 is 2.03 bits per heavy atom. The summed E-state index contributed by atoms with van der Waals surface area (Å²) in [6.45, 7) is 0.425. The van der Waals surface area contributed by atoms with Crippen molar-refractivity contribution in [2.75, 3.05) is 7.11 Å². The van der Waals surface area contributed by atoms with Crippen molar-refractivity contribution in [3.63, 3.8) is 0 Å². The zero-order chi connectivity index (χ0) is 20.9. The van der Waals surface area contributed by atoms with Gasteiger partial charge in [-0.05, 0) is 24.5 Å². The smallest absolute Gasteiger partial charge is 0.328 e. The monoisotopic (exact) mass is 408 g/mol. The standard InChI is InChI=1S/C22H24N4O4/c1-29-14-19-18(13-23-26(19)17-5-3-2-4-6-17)22-24-21(25-30-22)16-10-7-15(8-11-16)9-12-20(27)28/h7-13,17H,2-6,14H2,1H3,(H,27,28)/b12-9+. The Hall–Kier alpha value is -3.26. The number of benzene rings is 1. The average Bonchev–Trinajstić information content (AvgIpc) is 3.41. The highest BCUT2D eigenvalue weighted by molar-refractivity contribution is 5.85. The van der Waals surface area contributed by atoms with E-state index in [1.54, 1.807) is 13.3 Å². The molecule has 30 heavy (non-hydrogen) atoms. The van der Waals surface area contributed by atoms with Crippen LogP contribution in [0.4, 0.5) is 0 Å². The number of hydrogen-bond acceptors (Lipinski definition) is 6. The van der Waals surface area contributed by atoms with Crippen molar-refractivity contribution in [3.05, 3.63) is 47.8 Å². The summed E-state index contributed by atoms with van der Waals surface area (Å²) < 4.78 is 13.0. The zero-order valence-corrected chi connectivity index (χ0v) is 16.8. The van der Waals surface area contributed by atoms with E-state index in [9.17, 15) is 4.79 Å². The normalized spacial score (nSPS) is 15.1. The van der Waals surface area contributed by atoms with Gasteiger partial charge in [-0.1, -0.05) is 48.7 Å². The molecule has 1 saturated carbocycles. The lowest BCUT2D eigenvalue weighted by Crippen LogP contribution is -2.17. The van der Waals surface area contributed by atoms with Crippen LogP contribution < -0.4 is 0 Å². The molecule has 0 saturated heterocycles. The molecule has 0 radical (unpaired) electrons. The Balaban J connectivity index is 1.59. The summed E-state index contributed by atoms with van der Waals surface area (Å²) in [4.78, 5) is 15.2. The second-order valence-corrected chi connectivity index (χ2v) is 7.39. The summed E-state index contributed by atoms with van der Waals surface area (Å²) in [5.74, 6) is -0.107. The number of rotatable bonds is 7. The predicted molar refractivity (Wildman–Crippen MR) is 110 cm³/mol. The molecule has 2 heterocycles. The van der Waals surface area contributed by atoms with Crippen molar-refractivity contribution in [2.24, 2.45) is 0 Å². The van der Waals surface area contributed by atoms with Crippen LogP contribution in [0.5, 0.6) is 0 Å². The first-order valence-corrected chi connectivity index (χ1v) is 10.1. The van der Waals surface area contributed by atoms with Gasteiger partial charge in [0.1, 0.15) is 0 Å². The number of carboxylic acids is 1. The molecule has 1 aromatic carbocycles. The van der Waals surface area contributed by atoms with Gasteiger partial charge in [0.25, 0.3) is 5.89 Å². The van der Waals surface area contributed by atoms with Crippen LogP contribution >= 0.6 is 0 Å². The maximum Gasteiger partial charge on any atom is 0.328 e. The van der Waals surface area contributed by atoms with Crippen molar-refractivity contribution in [1.29, 1.82) is 0 Å². The Labute approximate surface area is 174 Å². The van der Waals surface area contributed by atoms with Crippen LogP contribution in [-0.2, 0) is 16.1 Å². The van der Waals surface area contributed by atoms with Gasteiger partial charge in [0, 0.05) is 18.7 Å². The van der Waals surface area contributed by atoms with Gasteiger partial charge in [0.15, 0.2) is 0 Å². The maximum absolute atomic E-state index is 10.6. The number of aliphatic carboxylic acids is 1. The van der Waals surface area contributed by atoms with E-state index in [4.69, 9.17) is 14.4 Å². The van der Waals surface area contributed by atoms with Crippen LogP contribution in [0.25, 0.3) is 28.9 Å². The molecular weight excluding hydrogens is 384 g/mol. The first-order valence-electron chi connectivity index (χ1n) is 10.1. The molecule has 0 atom stereocenters. The van der Waals surface area contributed by atoms with Gasteiger partial charge in [-0.2, -0.15) is 10.1 Å². The third-order valence-electron chi connectivity index (χ3n) is 5.34. The number of nitrogens with zero attached hydrogens (tertiary/aromatic N) is 4. The van der Waals surface area contributed by atoms with Crippen molar-refractivity contribution < 1.29 is 19.2 Å². The Morgan fingerprint density at radius 3 is 2.73 bits per heavy atom. The van der Waals surface area contributed by atoms with Crippen molar-refractivity contribution in [2.45, 2.75) is 44.8 Å². The van der Waals surface area contributed by atoms with E-state index in [1.807, 2.05) is 24.3 Å². The van der Waals surface area contributed by atoms with E-state index in [0.717, 1.165) is 41.3 Å². The molecule has 1 aliphatic rings. The largest absolute Gasteiger partial charge is 0.478 e. The lowest BCUT2D eigenvalue weighted by atomic mass is 9.95. The van der Waals surface area contributed by atoms with E-state index in [1.165, 1.54) is 25.3 Å². The Bertz CT molecular complexity index is 1030. The molecule has 8 heteroatoms. The highest BCUT2D eigenvalue weighted by Crippen LogP contribution is 2.33. The van der Waals surface area contributed by atoms with Gasteiger partial charge in [-0.3, -0.25) is 4.68 Å². The van der Waals surface area contributed by atoms with Crippen LogP contribution in [0.3, 0.4) is 0 Å². The average molecular weight is 408 g/mol. The SMILES string of the molecule is COCc1c(-c2nc(-c3ccc(/C=C/C(=O)O)cc3)no2)cnn1C1CCCCC1. The molecule has 8 nitrogen and oxygen atoms in total. The van der Waals surface area contributed by atoms with E-state index in [-0.39, 0.29) is 0 Å². The first-order chi connectivity index (χ1) is 14.7. The molecular formula is C22H24N4O4. The molecule has 2 aromatic heterocycles. The molecule has 4 rings (SSSR count). The van der Waals surface area contributed by atoms with Gasteiger partial charge in [-0.25, -0.2) is 4.79 Å². The fourth-order valence-electron chi connectivity index (χ4n) is 3.85. The van der Waals surface area contributed by atoms with Crippen LogP contribution in [0.1, 0.15) is 49.4 Å². The van der Waals surface area contributed by atoms with Gasteiger partial charge in [0.2, 0.25) is 5.82 Å². The summed E-state index contributed by atoms with van der Waals surface area (Å²) in [7, 11) is 1.67.